The van der Waals surface area contributed by atoms with Crippen LogP contribution in [0.15, 0.2) is 24.3 Å². The van der Waals surface area contributed by atoms with Crippen LogP contribution in [-0.4, -0.2) is 47.4 Å². The van der Waals surface area contributed by atoms with Crippen LogP contribution in [0.1, 0.15) is 296 Å². The van der Waals surface area contributed by atoms with Crippen LogP contribution in [0.2, 0.25) is 0 Å². The predicted molar refractivity (Wildman–Crippen MR) is 269 cm³/mol. The van der Waals surface area contributed by atoms with Gasteiger partial charge in [-0.1, -0.05) is 250 Å². The molecule has 6 heteroatoms. The van der Waals surface area contributed by atoms with Gasteiger partial charge in [0.05, 0.1) is 25.4 Å². The maximum Gasteiger partial charge on any atom is 0.305 e. The van der Waals surface area contributed by atoms with E-state index in [1.54, 1.807) is 6.08 Å². The molecule has 0 aromatic rings. The Morgan fingerprint density at radius 2 is 0.758 bits per heavy atom. The van der Waals surface area contributed by atoms with E-state index in [0.717, 1.165) is 83.5 Å². The molecule has 2 atom stereocenters. The molecule has 3 N–H and O–H groups in total. The molecule has 2 unspecified atom stereocenters. The number of rotatable bonds is 51. The minimum atomic E-state index is -0.862. The third-order valence-corrected chi connectivity index (χ3v) is 12.7. The second-order valence-electron chi connectivity index (χ2n) is 18.9. The Hall–Kier alpha value is -1.66. The van der Waals surface area contributed by atoms with Gasteiger partial charge in [-0.15, -0.1) is 0 Å². The van der Waals surface area contributed by atoms with Crippen molar-refractivity contribution >= 4 is 11.9 Å². The molecule has 0 aromatic heterocycles. The van der Waals surface area contributed by atoms with Crippen LogP contribution in [0.25, 0.3) is 0 Å². The molecule has 0 heterocycles. The topological polar surface area (TPSA) is 95.9 Å². The van der Waals surface area contributed by atoms with Gasteiger partial charge in [0.2, 0.25) is 5.91 Å². The Bertz CT molecular complexity index is 966. The first-order valence-electron chi connectivity index (χ1n) is 27.6. The van der Waals surface area contributed by atoms with Crippen molar-refractivity contribution in [2.45, 2.75) is 309 Å². The van der Waals surface area contributed by atoms with Crippen LogP contribution in [0.4, 0.5) is 0 Å². The Kier molecular flexibility index (Phi) is 50.6. The number of allylic oxidation sites excluding steroid dienone is 3. The third-order valence-electron chi connectivity index (χ3n) is 12.7. The SMILES string of the molecule is CCCCCCCCCCCCCCCC/C=C/C(O)C(CO)NC(=O)CCCCCCC/C=C\CCCCOC(=O)CCCCCCCCCCCCCCCCCCCC. The van der Waals surface area contributed by atoms with E-state index >= 15 is 0 Å². The van der Waals surface area contributed by atoms with E-state index in [2.05, 4.69) is 31.3 Å². The van der Waals surface area contributed by atoms with Gasteiger partial charge in [-0.3, -0.25) is 9.59 Å². The van der Waals surface area contributed by atoms with Crippen molar-refractivity contribution < 1.29 is 24.5 Å². The number of carbonyl (C=O) groups is 2. The van der Waals surface area contributed by atoms with Gasteiger partial charge in [-0.25, -0.2) is 0 Å². The molecule has 0 saturated carbocycles. The Morgan fingerprint density at radius 3 is 1.15 bits per heavy atom. The van der Waals surface area contributed by atoms with Gasteiger partial charge < -0.3 is 20.3 Å². The van der Waals surface area contributed by atoms with E-state index in [1.807, 2.05) is 6.08 Å². The summed E-state index contributed by atoms with van der Waals surface area (Å²) in [5, 5.41) is 23.1. The number of aliphatic hydroxyl groups excluding tert-OH is 2. The van der Waals surface area contributed by atoms with Crippen LogP contribution < -0.4 is 5.32 Å². The zero-order valence-electron chi connectivity index (χ0n) is 41.6. The van der Waals surface area contributed by atoms with E-state index in [0.29, 0.717) is 19.4 Å². The van der Waals surface area contributed by atoms with Gasteiger partial charge in [0.1, 0.15) is 0 Å². The molecule has 1 amide bonds. The normalized spacial score (nSPS) is 12.8. The fourth-order valence-corrected chi connectivity index (χ4v) is 8.45. The Balaban J connectivity index is 3.52. The van der Waals surface area contributed by atoms with Crippen molar-refractivity contribution in [3.05, 3.63) is 24.3 Å². The monoisotopic (exact) mass is 874 g/mol. The van der Waals surface area contributed by atoms with Crippen molar-refractivity contribution in [1.29, 1.82) is 0 Å². The number of hydrogen-bond donors (Lipinski definition) is 3. The molecule has 0 saturated heterocycles. The fourth-order valence-electron chi connectivity index (χ4n) is 8.45. The smallest absolute Gasteiger partial charge is 0.305 e. The molecular formula is C56H107NO5. The number of amides is 1. The molecule has 0 spiro atoms. The van der Waals surface area contributed by atoms with E-state index in [4.69, 9.17) is 4.74 Å². The minimum absolute atomic E-state index is 0.0286. The van der Waals surface area contributed by atoms with Gasteiger partial charge in [0, 0.05) is 12.8 Å². The molecule has 0 aliphatic rings. The first-order chi connectivity index (χ1) is 30.5. The molecule has 62 heavy (non-hydrogen) atoms. The molecule has 366 valence electrons. The predicted octanol–water partition coefficient (Wildman–Crippen LogP) is 16.7. The van der Waals surface area contributed by atoms with E-state index in [9.17, 15) is 19.8 Å². The standard InChI is InChI=1S/C56H107NO5/c1-3-5-7-9-11-13-15-17-19-21-22-24-26-30-34-38-42-46-50-56(61)62-51-47-43-39-35-31-27-29-33-37-41-45-49-55(60)57-53(52-58)54(59)48-44-40-36-32-28-25-23-20-18-16-14-12-10-8-6-4-2/h31,35,44,48,53-54,58-59H,3-30,32-34,36-43,45-47,49-52H2,1-2H3,(H,57,60)/b35-31-,48-44+. The van der Waals surface area contributed by atoms with Crippen LogP contribution >= 0.6 is 0 Å². The summed E-state index contributed by atoms with van der Waals surface area (Å²) in [6.07, 6.45) is 61.9. The number of ether oxygens (including phenoxy) is 1. The first kappa shape index (κ1) is 60.3. The lowest BCUT2D eigenvalue weighted by Gasteiger charge is -2.20. The zero-order valence-corrected chi connectivity index (χ0v) is 41.6. The summed E-state index contributed by atoms with van der Waals surface area (Å²) in [5.41, 5.74) is 0. The zero-order chi connectivity index (χ0) is 45.1. The fraction of sp³-hybridized carbons (Fsp3) is 0.893. The summed E-state index contributed by atoms with van der Waals surface area (Å²) in [4.78, 5) is 24.5. The molecule has 0 radical (unpaired) electrons. The molecule has 0 aliphatic carbocycles. The molecule has 0 bridgehead atoms. The number of carbonyl (C=O) groups excluding carboxylic acids is 2. The molecule has 6 nitrogen and oxygen atoms in total. The molecule has 0 rings (SSSR count). The molecular weight excluding hydrogens is 767 g/mol. The van der Waals surface area contributed by atoms with Crippen LogP contribution in [0.3, 0.4) is 0 Å². The van der Waals surface area contributed by atoms with Gasteiger partial charge in [0.25, 0.3) is 0 Å². The number of nitrogens with one attached hydrogen (secondary N) is 1. The van der Waals surface area contributed by atoms with E-state index in [-0.39, 0.29) is 18.5 Å². The van der Waals surface area contributed by atoms with Crippen molar-refractivity contribution in [1.82, 2.24) is 5.32 Å². The lowest BCUT2D eigenvalue weighted by atomic mass is 10.0. The average molecular weight is 874 g/mol. The lowest BCUT2D eigenvalue weighted by Crippen LogP contribution is -2.45. The molecule has 0 fully saturated rings. The van der Waals surface area contributed by atoms with Crippen LogP contribution in [0, 0.1) is 0 Å². The van der Waals surface area contributed by atoms with E-state index in [1.165, 1.54) is 186 Å². The maximum absolute atomic E-state index is 12.4. The highest BCUT2D eigenvalue weighted by Crippen LogP contribution is 2.16. The second-order valence-corrected chi connectivity index (χ2v) is 18.9. The largest absolute Gasteiger partial charge is 0.466 e. The van der Waals surface area contributed by atoms with Crippen molar-refractivity contribution in [3.63, 3.8) is 0 Å². The number of hydrogen-bond acceptors (Lipinski definition) is 5. The summed E-state index contributed by atoms with van der Waals surface area (Å²) in [7, 11) is 0. The third kappa shape index (κ3) is 47.8. The van der Waals surface area contributed by atoms with Crippen LogP contribution in [0.5, 0.6) is 0 Å². The van der Waals surface area contributed by atoms with Crippen molar-refractivity contribution in [2.75, 3.05) is 13.2 Å². The number of aliphatic hydroxyl groups is 2. The van der Waals surface area contributed by atoms with Crippen molar-refractivity contribution in [3.8, 4) is 0 Å². The van der Waals surface area contributed by atoms with Crippen LogP contribution in [-0.2, 0) is 14.3 Å². The highest BCUT2D eigenvalue weighted by Gasteiger charge is 2.18. The molecule has 0 aromatic carbocycles. The second kappa shape index (κ2) is 52.0. The number of unbranched alkanes of at least 4 members (excludes halogenated alkanes) is 38. The quantitative estimate of drug-likeness (QED) is 0.0321. The summed E-state index contributed by atoms with van der Waals surface area (Å²) in [5.74, 6) is -0.124. The summed E-state index contributed by atoms with van der Waals surface area (Å²) in [6, 6.07) is -0.648. The average Bonchev–Trinajstić information content (AvgIpc) is 3.27. The summed E-state index contributed by atoms with van der Waals surface area (Å²) < 4.78 is 5.45. The van der Waals surface area contributed by atoms with Gasteiger partial charge in [0.15, 0.2) is 0 Å². The van der Waals surface area contributed by atoms with E-state index < -0.39 is 12.1 Å². The molecule has 0 aliphatic heterocycles. The van der Waals surface area contributed by atoms with Gasteiger partial charge in [-0.2, -0.15) is 0 Å². The Labute approximate surface area is 386 Å². The highest BCUT2D eigenvalue weighted by molar-refractivity contribution is 5.76. The van der Waals surface area contributed by atoms with Gasteiger partial charge in [-0.05, 0) is 57.8 Å². The number of esters is 1. The van der Waals surface area contributed by atoms with Gasteiger partial charge >= 0.3 is 5.97 Å². The first-order valence-corrected chi connectivity index (χ1v) is 27.6. The summed E-state index contributed by atoms with van der Waals surface area (Å²) >= 11 is 0. The van der Waals surface area contributed by atoms with Crippen molar-refractivity contribution in [2.24, 2.45) is 0 Å². The summed E-state index contributed by atoms with van der Waals surface area (Å²) in [6.45, 7) is 4.84. The maximum atomic E-state index is 12.4. The Morgan fingerprint density at radius 1 is 0.435 bits per heavy atom. The minimum Gasteiger partial charge on any atom is -0.466 e. The highest BCUT2D eigenvalue weighted by atomic mass is 16.5. The lowest BCUT2D eigenvalue weighted by molar-refractivity contribution is -0.143.